The van der Waals surface area contributed by atoms with E-state index in [-0.39, 0.29) is 63.8 Å². The number of rotatable bonds is 6. The molecule has 2 aliphatic carbocycles. The predicted molar refractivity (Wildman–Crippen MR) is 116 cm³/mol. The number of esters is 1. The third-order valence-electron chi connectivity index (χ3n) is 6.46. The summed E-state index contributed by atoms with van der Waals surface area (Å²) in [6.07, 6.45) is -4.03. The Morgan fingerprint density at radius 3 is 2.27 bits per heavy atom. The Kier molecular flexibility index (Phi) is 6.60. The molecule has 0 radical (unpaired) electrons. The Bertz CT molecular complexity index is 972. The SMILES string of the molecule is O=C(COC(=O)CCN1C(=O)[C@@H]2[C@H]3C[C@@H]([C@H](Br)[C@@H]3Br)[C@@H]2C1=O)Nc1cccc(C(F)(F)F)c1. The lowest BCUT2D eigenvalue weighted by Gasteiger charge is -2.28. The van der Waals surface area contributed by atoms with Crippen LogP contribution < -0.4 is 5.32 Å². The summed E-state index contributed by atoms with van der Waals surface area (Å²) in [4.78, 5) is 50.9. The molecule has 0 aromatic heterocycles. The maximum absolute atomic E-state index is 12.8. The van der Waals surface area contributed by atoms with Crippen molar-refractivity contribution in [3.8, 4) is 0 Å². The lowest BCUT2D eigenvalue weighted by atomic mass is 9.81. The number of carbonyl (C=O) groups excluding carboxylic acids is 4. The van der Waals surface area contributed by atoms with Gasteiger partial charge in [0.05, 0.1) is 23.8 Å². The predicted octanol–water partition coefficient (Wildman–Crippen LogP) is 3.36. The molecule has 3 amide bonds. The molecular formula is C21H19Br2F3N2O5. The summed E-state index contributed by atoms with van der Waals surface area (Å²) in [7, 11) is 0. The molecule has 1 aliphatic heterocycles. The van der Waals surface area contributed by atoms with Gasteiger partial charge in [-0.25, -0.2) is 0 Å². The van der Waals surface area contributed by atoms with Gasteiger partial charge in [-0.1, -0.05) is 37.9 Å². The molecular weight excluding hydrogens is 577 g/mol. The van der Waals surface area contributed by atoms with Crippen LogP contribution in [0, 0.1) is 23.7 Å². The van der Waals surface area contributed by atoms with Crippen LogP contribution in [-0.2, 0) is 30.1 Å². The van der Waals surface area contributed by atoms with E-state index < -0.39 is 30.2 Å². The first kappa shape index (κ1) is 24.2. The van der Waals surface area contributed by atoms with Crippen molar-refractivity contribution in [2.24, 2.45) is 23.7 Å². The normalized spacial score (nSPS) is 30.5. The first-order chi connectivity index (χ1) is 15.5. The van der Waals surface area contributed by atoms with Gasteiger partial charge >= 0.3 is 12.1 Å². The molecule has 2 bridgehead atoms. The largest absolute Gasteiger partial charge is 0.456 e. The van der Waals surface area contributed by atoms with Crippen LogP contribution in [0.5, 0.6) is 0 Å². The van der Waals surface area contributed by atoms with Gasteiger partial charge in [0.2, 0.25) is 11.8 Å². The van der Waals surface area contributed by atoms with Crippen LogP contribution in [-0.4, -0.2) is 51.4 Å². The second-order valence-corrected chi connectivity index (χ2v) is 10.5. The molecule has 0 unspecified atom stereocenters. The van der Waals surface area contributed by atoms with E-state index in [0.717, 1.165) is 29.5 Å². The van der Waals surface area contributed by atoms with E-state index in [4.69, 9.17) is 4.74 Å². The first-order valence-corrected chi connectivity index (χ1v) is 12.1. The summed E-state index contributed by atoms with van der Waals surface area (Å²) in [6, 6.07) is 4.06. The van der Waals surface area contributed by atoms with Crippen LogP contribution in [0.3, 0.4) is 0 Å². The Morgan fingerprint density at radius 2 is 1.70 bits per heavy atom. The summed E-state index contributed by atoms with van der Waals surface area (Å²) in [5.74, 6) is -2.80. The molecule has 33 heavy (non-hydrogen) atoms. The van der Waals surface area contributed by atoms with Crippen LogP contribution in [0.1, 0.15) is 18.4 Å². The number of likely N-dealkylation sites (tertiary alicyclic amines) is 1. The van der Waals surface area contributed by atoms with Gasteiger partial charge in [-0.15, -0.1) is 0 Å². The zero-order valence-corrected chi connectivity index (χ0v) is 20.2. The van der Waals surface area contributed by atoms with Gasteiger partial charge in [0.1, 0.15) is 0 Å². The first-order valence-electron chi connectivity index (χ1n) is 10.2. The highest BCUT2D eigenvalue weighted by Crippen LogP contribution is 2.60. The third kappa shape index (κ3) is 4.55. The number of amides is 3. The number of ether oxygens (including phenoxy) is 1. The number of imide groups is 1. The van der Waals surface area contributed by atoms with E-state index >= 15 is 0 Å². The van der Waals surface area contributed by atoms with E-state index in [2.05, 4.69) is 37.2 Å². The zero-order valence-electron chi connectivity index (χ0n) is 17.0. The average molecular weight is 596 g/mol. The summed E-state index contributed by atoms with van der Waals surface area (Å²) >= 11 is 7.20. The number of halogens is 5. The van der Waals surface area contributed by atoms with Crippen molar-refractivity contribution < 1.29 is 37.1 Å². The number of nitrogens with one attached hydrogen (secondary N) is 1. The van der Waals surface area contributed by atoms with Crippen molar-refractivity contribution in [1.29, 1.82) is 0 Å². The fraction of sp³-hybridized carbons (Fsp3) is 0.524. The Hall–Kier alpha value is -1.95. The van der Waals surface area contributed by atoms with Crippen molar-refractivity contribution in [1.82, 2.24) is 4.90 Å². The minimum atomic E-state index is -4.56. The molecule has 4 rings (SSSR count). The van der Waals surface area contributed by atoms with Crippen LogP contribution in [0.4, 0.5) is 18.9 Å². The van der Waals surface area contributed by atoms with Gasteiger partial charge in [0, 0.05) is 21.9 Å². The Labute approximate surface area is 203 Å². The molecule has 0 spiro atoms. The van der Waals surface area contributed by atoms with E-state index in [1.807, 2.05) is 0 Å². The van der Waals surface area contributed by atoms with E-state index in [1.165, 1.54) is 6.07 Å². The highest BCUT2D eigenvalue weighted by molar-refractivity contribution is 9.12. The number of benzene rings is 1. The van der Waals surface area contributed by atoms with Crippen LogP contribution in [0.25, 0.3) is 0 Å². The molecule has 6 atom stereocenters. The van der Waals surface area contributed by atoms with E-state index in [1.54, 1.807) is 0 Å². The highest BCUT2D eigenvalue weighted by Gasteiger charge is 2.66. The smallest absolute Gasteiger partial charge is 0.416 e. The number of nitrogens with zero attached hydrogens (tertiary/aromatic N) is 1. The minimum absolute atomic E-state index is 0.0670. The number of hydrogen-bond acceptors (Lipinski definition) is 5. The molecule has 1 aromatic rings. The summed E-state index contributed by atoms with van der Waals surface area (Å²) < 4.78 is 43.1. The zero-order chi connectivity index (χ0) is 24.1. The monoisotopic (exact) mass is 594 g/mol. The van der Waals surface area contributed by atoms with Crippen LogP contribution in [0.15, 0.2) is 24.3 Å². The van der Waals surface area contributed by atoms with Gasteiger partial charge < -0.3 is 10.1 Å². The topological polar surface area (TPSA) is 92.8 Å². The van der Waals surface area contributed by atoms with Crippen LogP contribution >= 0.6 is 31.9 Å². The number of alkyl halides is 5. The quantitative estimate of drug-likeness (QED) is 0.309. The van der Waals surface area contributed by atoms with Gasteiger partial charge in [0.25, 0.3) is 5.91 Å². The molecule has 2 saturated carbocycles. The number of carbonyl (C=O) groups is 4. The van der Waals surface area contributed by atoms with E-state index in [9.17, 15) is 32.3 Å². The molecule has 3 aliphatic rings. The van der Waals surface area contributed by atoms with Crippen molar-refractivity contribution in [3.63, 3.8) is 0 Å². The maximum atomic E-state index is 12.8. The van der Waals surface area contributed by atoms with Crippen molar-refractivity contribution in [2.75, 3.05) is 18.5 Å². The standard InChI is InChI=1S/C21H19Br2F3N2O5/c22-17-11-7-12(18(17)23)16-15(11)19(31)28(20(16)32)5-4-14(30)33-8-13(29)27-10-3-1-2-9(6-10)21(24,25)26/h1-3,6,11-12,15-18H,4-5,7-8H2,(H,27,29)/t11-,12-,15-,16+,17-,18+/m1/s1. The van der Waals surface area contributed by atoms with Crippen molar-refractivity contribution in [3.05, 3.63) is 29.8 Å². The van der Waals surface area contributed by atoms with Gasteiger partial charge in [0.15, 0.2) is 6.61 Å². The molecule has 12 heteroatoms. The Balaban J connectivity index is 1.25. The molecule has 178 valence electrons. The molecule has 1 N–H and O–H groups in total. The molecule has 1 aromatic carbocycles. The minimum Gasteiger partial charge on any atom is -0.456 e. The van der Waals surface area contributed by atoms with Gasteiger partial charge in [-0.3, -0.25) is 24.1 Å². The fourth-order valence-electron chi connectivity index (χ4n) is 5.02. The second kappa shape index (κ2) is 9.01. The summed E-state index contributed by atoms with van der Waals surface area (Å²) in [6.45, 7) is -0.846. The number of hydrogen-bond donors (Lipinski definition) is 1. The van der Waals surface area contributed by atoms with Crippen molar-refractivity contribution in [2.45, 2.75) is 28.7 Å². The lowest BCUT2D eigenvalue weighted by molar-refractivity contribution is -0.149. The summed E-state index contributed by atoms with van der Waals surface area (Å²) in [5.41, 5.74) is -1.01. The van der Waals surface area contributed by atoms with E-state index in [0.29, 0.717) is 0 Å². The highest BCUT2D eigenvalue weighted by atomic mass is 79.9. The van der Waals surface area contributed by atoms with Gasteiger partial charge in [-0.2, -0.15) is 13.2 Å². The third-order valence-corrected chi connectivity index (χ3v) is 9.66. The molecule has 3 fully saturated rings. The molecule has 1 heterocycles. The number of fused-ring (bicyclic) bond motifs is 5. The number of anilines is 1. The molecule has 1 saturated heterocycles. The average Bonchev–Trinajstić information content (AvgIpc) is 3.35. The maximum Gasteiger partial charge on any atom is 0.416 e. The lowest BCUT2D eigenvalue weighted by Crippen LogP contribution is -2.37. The van der Waals surface area contributed by atoms with Crippen molar-refractivity contribution >= 4 is 61.2 Å². The fourth-order valence-corrected chi connectivity index (χ4v) is 6.90. The molecule has 7 nitrogen and oxygen atoms in total. The Morgan fingerprint density at radius 1 is 1.09 bits per heavy atom. The van der Waals surface area contributed by atoms with Crippen LogP contribution in [0.2, 0.25) is 0 Å². The second-order valence-electron chi connectivity index (χ2n) is 8.37. The van der Waals surface area contributed by atoms with Gasteiger partial charge in [-0.05, 0) is 36.5 Å². The summed E-state index contributed by atoms with van der Waals surface area (Å²) in [5, 5.41) is 2.23.